The van der Waals surface area contributed by atoms with Gasteiger partial charge < -0.3 is 15.7 Å². The van der Waals surface area contributed by atoms with Crippen molar-refractivity contribution in [2.75, 3.05) is 5.32 Å². The molecule has 0 fully saturated rings. The SMILES string of the molecule is CC(NC(=O)Nc1cccc2ccccc12)C(O)c1ccc(F)cc1. The van der Waals surface area contributed by atoms with E-state index in [4.69, 9.17) is 0 Å². The summed E-state index contributed by atoms with van der Waals surface area (Å²) in [5, 5.41) is 17.8. The van der Waals surface area contributed by atoms with Gasteiger partial charge >= 0.3 is 6.03 Å². The Morgan fingerprint density at radius 2 is 1.68 bits per heavy atom. The number of urea groups is 1. The first kappa shape index (κ1) is 16.9. The quantitative estimate of drug-likeness (QED) is 0.667. The van der Waals surface area contributed by atoms with Crippen LogP contribution in [-0.4, -0.2) is 17.2 Å². The van der Waals surface area contributed by atoms with E-state index < -0.39 is 18.2 Å². The van der Waals surface area contributed by atoms with Gasteiger partial charge in [-0.3, -0.25) is 0 Å². The molecule has 0 radical (unpaired) electrons. The van der Waals surface area contributed by atoms with Gasteiger partial charge in [0.15, 0.2) is 0 Å². The zero-order valence-corrected chi connectivity index (χ0v) is 13.7. The van der Waals surface area contributed by atoms with E-state index >= 15 is 0 Å². The molecule has 3 rings (SSSR count). The maximum Gasteiger partial charge on any atom is 0.319 e. The lowest BCUT2D eigenvalue weighted by Gasteiger charge is -2.21. The molecule has 25 heavy (non-hydrogen) atoms. The Kier molecular flexibility index (Phi) is 4.95. The predicted octanol–water partition coefficient (Wildman–Crippen LogP) is 4.22. The number of halogens is 1. The van der Waals surface area contributed by atoms with Crippen LogP contribution < -0.4 is 10.6 Å². The molecule has 2 atom stereocenters. The van der Waals surface area contributed by atoms with Gasteiger partial charge in [-0.15, -0.1) is 0 Å². The minimum absolute atomic E-state index is 0.370. The van der Waals surface area contributed by atoms with Crippen LogP contribution >= 0.6 is 0 Å². The fourth-order valence-electron chi connectivity index (χ4n) is 2.73. The predicted molar refractivity (Wildman–Crippen MR) is 96.9 cm³/mol. The van der Waals surface area contributed by atoms with Crippen LogP contribution in [0.15, 0.2) is 66.7 Å². The highest BCUT2D eigenvalue weighted by molar-refractivity contribution is 6.01. The first-order valence-electron chi connectivity index (χ1n) is 8.03. The lowest BCUT2D eigenvalue weighted by Crippen LogP contribution is -2.39. The van der Waals surface area contributed by atoms with Crippen LogP contribution in [0.1, 0.15) is 18.6 Å². The van der Waals surface area contributed by atoms with E-state index in [0.717, 1.165) is 10.8 Å². The number of benzene rings is 3. The van der Waals surface area contributed by atoms with Gasteiger partial charge in [0.05, 0.1) is 17.8 Å². The van der Waals surface area contributed by atoms with Gasteiger partial charge in [0, 0.05) is 5.39 Å². The molecule has 0 aliphatic carbocycles. The summed E-state index contributed by atoms with van der Waals surface area (Å²) in [6, 6.07) is 18.0. The maximum absolute atomic E-state index is 13.0. The first-order chi connectivity index (χ1) is 12.0. The van der Waals surface area contributed by atoms with Crippen LogP contribution in [0, 0.1) is 5.82 Å². The molecule has 0 saturated carbocycles. The summed E-state index contributed by atoms with van der Waals surface area (Å²) in [5.74, 6) is -0.370. The molecule has 0 heterocycles. The zero-order valence-electron chi connectivity index (χ0n) is 13.7. The molecule has 0 bridgehead atoms. The molecule has 3 aromatic carbocycles. The molecule has 0 aromatic heterocycles. The highest BCUT2D eigenvalue weighted by Crippen LogP contribution is 2.23. The summed E-state index contributed by atoms with van der Waals surface area (Å²) in [7, 11) is 0. The summed E-state index contributed by atoms with van der Waals surface area (Å²) in [6.45, 7) is 1.69. The number of hydrogen-bond donors (Lipinski definition) is 3. The molecule has 0 aliphatic heterocycles. The van der Waals surface area contributed by atoms with Crippen molar-refractivity contribution >= 4 is 22.5 Å². The van der Waals surface area contributed by atoms with Gasteiger partial charge in [-0.05, 0) is 36.1 Å². The van der Waals surface area contributed by atoms with Gasteiger partial charge in [0.25, 0.3) is 0 Å². The van der Waals surface area contributed by atoms with Gasteiger partial charge in [-0.1, -0.05) is 48.5 Å². The number of rotatable bonds is 4. The lowest BCUT2D eigenvalue weighted by atomic mass is 10.0. The molecule has 0 spiro atoms. The monoisotopic (exact) mass is 338 g/mol. The van der Waals surface area contributed by atoms with Crippen molar-refractivity contribution in [3.05, 3.63) is 78.1 Å². The summed E-state index contributed by atoms with van der Waals surface area (Å²) in [6.07, 6.45) is -0.932. The molecule has 5 heteroatoms. The second-order valence-electron chi connectivity index (χ2n) is 5.91. The third-order valence-electron chi connectivity index (χ3n) is 4.08. The summed E-state index contributed by atoms with van der Waals surface area (Å²) < 4.78 is 13.0. The normalized spacial score (nSPS) is 13.2. The number of carbonyl (C=O) groups excluding carboxylic acids is 1. The highest BCUT2D eigenvalue weighted by atomic mass is 19.1. The number of aliphatic hydroxyl groups excluding tert-OH is 1. The Hall–Kier alpha value is -2.92. The molecule has 2 amide bonds. The van der Waals surface area contributed by atoms with Crippen LogP contribution in [0.5, 0.6) is 0 Å². The Balaban J connectivity index is 1.68. The largest absolute Gasteiger partial charge is 0.386 e. The van der Waals surface area contributed by atoms with Gasteiger partial charge in [-0.2, -0.15) is 0 Å². The molecule has 128 valence electrons. The molecule has 2 unspecified atom stereocenters. The third kappa shape index (κ3) is 3.95. The summed E-state index contributed by atoms with van der Waals surface area (Å²) >= 11 is 0. The van der Waals surface area contributed by atoms with Crippen LogP contribution in [0.4, 0.5) is 14.9 Å². The van der Waals surface area contributed by atoms with Crippen molar-refractivity contribution in [3.8, 4) is 0 Å². The summed E-state index contributed by atoms with van der Waals surface area (Å²) in [4.78, 5) is 12.3. The topological polar surface area (TPSA) is 61.4 Å². The van der Waals surface area contributed by atoms with Crippen molar-refractivity contribution in [1.29, 1.82) is 0 Å². The smallest absolute Gasteiger partial charge is 0.319 e. The Morgan fingerprint density at radius 1 is 1.00 bits per heavy atom. The second-order valence-corrected chi connectivity index (χ2v) is 5.91. The number of aliphatic hydroxyl groups is 1. The van der Waals surface area contributed by atoms with Crippen molar-refractivity contribution in [3.63, 3.8) is 0 Å². The molecule has 0 saturated heterocycles. The number of amides is 2. The number of anilines is 1. The van der Waals surface area contributed by atoms with Gasteiger partial charge in [0.1, 0.15) is 5.82 Å². The molecular formula is C20H19FN2O2. The Bertz CT molecular complexity index is 875. The Labute approximate surface area is 145 Å². The lowest BCUT2D eigenvalue weighted by molar-refractivity contribution is 0.139. The molecule has 0 aliphatic rings. The van der Waals surface area contributed by atoms with Crippen LogP contribution in [-0.2, 0) is 0 Å². The van der Waals surface area contributed by atoms with Gasteiger partial charge in [-0.25, -0.2) is 9.18 Å². The zero-order chi connectivity index (χ0) is 17.8. The minimum Gasteiger partial charge on any atom is -0.386 e. The number of nitrogens with one attached hydrogen (secondary N) is 2. The fraction of sp³-hybridized carbons (Fsp3) is 0.150. The number of fused-ring (bicyclic) bond motifs is 1. The highest BCUT2D eigenvalue weighted by Gasteiger charge is 2.18. The van der Waals surface area contributed by atoms with E-state index in [1.165, 1.54) is 24.3 Å². The number of hydrogen-bond acceptors (Lipinski definition) is 2. The average molecular weight is 338 g/mol. The van der Waals surface area contributed by atoms with E-state index in [9.17, 15) is 14.3 Å². The molecule has 3 aromatic rings. The standard InChI is InChI=1S/C20H19FN2O2/c1-13(19(24)15-9-11-16(21)12-10-15)22-20(25)23-18-8-4-6-14-5-2-3-7-17(14)18/h2-13,19,24H,1H3,(H2,22,23,25). The first-order valence-corrected chi connectivity index (χ1v) is 8.03. The van der Waals surface area contributed by atoms with Crippen LogP contribution in [0.3, 0.4) is 0 Å². The maximum atomic E-state index is 13.0. The molecule has 4 nitrogen and oxygen atoms in total. The molecule has 3 N–H and O–H groups in total. The van der Waals surface area contributed by atoms with E-state index in [2.05, 4.69) is 10.6 Å². The van der Waals surface area contributed by atoms with Gasteiger partial charge in [0.2, 0.25) is 0 Å². The summed E-state index contributed by atoms with van der Waals surface area (Å²) in [5.41, 5.74) is 1.23. The van der Waals surface area contributed by atoms with Crippen molar-refractivity contribution in [2.45, 2.75) is 19.1 Å². The van der Waals surface area contributed by atoms with Crippen molar-refractivity contribution in [2.24, 2.45) is 0 Å². The van der Waals surface area contributed by atoms with E-state index in [-0.39, 0.29) is 5.82 Å². The van der Waals surface area contributed by atoms with Crippen LogP contribution in [0.25, 0.3) is 10.8 Å². The van der Waals surface area contributed by atoms with Crippen LogP contribution in [0.2, 0.25) is 0 Å². The van der Waals surface area contributed by atoms with Crippen molar-refractivity contribution in [1.82, 2.24) is 5.32 Å². The third-order valence-corrected chi connectivity index (χ3v) is 4.08. The van der Waals surface area contributed by atoms with E-state index in [1.54, 1.807) is 6.92 Å². The van der Waals surface area contributed by atoms with Crippen molar-refractivity contribution < 1.29 is 14.3 Å². The van der Waals surface area contributed by atoms with E-state index in [0.29, 0.717) is 11.3 Å². The Morgan fingerprint density at radius 3 is 2.44 bits per heavy atom. The second kappa shape index (κ2) is 7.32. The fourth-order valence-corrected chi connectivity index (χ4v) is 2.73. The number of carbonyl (C=O) groups is 1. The average Bonchev–Trinajstić information content (AvgIpc) is 2.62. The molecular weight excluding hydrogens is 319 g/mol. The minimum atomic E-state index is -0.932. The van der Waals surface area contributed by atoms with E-state index in [1.807, 2.05) is 42.5 Å².